The van der Waals surface area contributed by atoms with Crippen LogP contribution < -0.4 is 0 Å². The second-order valence-electron chi connectivity index (χ2n) is 9.89. The van der Waals surface area contributed by atoms with Crippen LogP contribution in [0.4, 0.5) is 0 Å². The molecule has 2 N–H and O–H groups in total. The Morgan fingerprint density at radius 2 is 1.16 bits per heavy atom. The van der Waals surface area contributed by atoms with Crippen LogP contribution in [-0.4, -0.2) is 53.4 Å². The summed E-state index contributed by atoms with van der Waals surface area (Å²) in [6, 6.07) is 29.6. The molecule has 0 radical (unpaired) electrons. The molecule has 0 unspecified atom stereocenters. The largest absolute Gasteiger partial charge is 0.390 e. The maximum absolute atomic E-state index is 11.4. The average molecular weight is 507 g/mol. The van der Waals surface area contributed by atoms with Crippen LogP contribution in [0.3, 0.4) is 0 Å². The fourth-order valence-corrected chi connectivity index (χ4v) is 4.54. The summed E-state index contributed by atoms with van der Waals surface area (Å²) in [6.45, 7) is 5.09. The van der Waals surface area contributed by atoms with Gasteiger partial charge in [0.25, 0.3) is 0 Å². The van der Waals surface area contributed by atoms with E-state index >= 15 is 0 Å². The van der Waals surface area contributed by atoms with E-state index in [9.17, 15) is 10.2 Å². The summed E-state index contributed by atoms with van der Waals surface area (Å²) < 4.78 is 25.1. The van der Waals surface area contributed by atoms with Crippen molar-refractivity contribution >= 4 is 0 Å². The first-order chi connectivity index (χ1) is 18.0. The minimum absolute atomic E-state index is 0.109. The summed E-state index contributed by atoms with van der Waals surface area (Å²) in [7, 11) is 0. The first-order valence-electron chi connectivity index (χ1n) is 13.0. The van der Waals surface area contributed by atoms with Crippen molar-refractivity contribution < 1.29 is 29.2 Å². The zero-order valence-corrected chi connectivity index (χ0v) is 21.6. The Morgan fingerprint density at radius 3 is 1.65 bits per heavy atom. The highest BCUT2D eigenvalue weighted by Gasteiger charge is 2.49. The molecule has 6 nitrogen and oxygen atoms in total. The van der Waals surface area contributed by atoms with Crippen molar-refractivity contribution in [3.05, 3.63) is 108 Å². The van der Waals surface area contributed by atoms with Crippen LogP contribution in [0.2, 0.25) is 0 Å². The lowest BCUT2D eigenvalue weighted by Crippen LogP contribution is -2.63. The molecule has 1 heterocycles. The van der Waals surface area contributed by atoms with Crippen molar-refractivity contribution in [1.82, 2.24) is 0 Å². The summed E-state index contributed by atoms with van der Waals surface area (Å²) >= 11 is 0. The normalized spacial score (nSPS) is 24.7. The maximum atomic E-state index is 11.4. The van der Waals surface area contributed by atoms with Gasteiger partial charge in [-0.25, -0.2) is 0 Å². The molecule has 198 valence electrons. The van der Waals surface area contributed by atoms with Crippen molar-refractivity contribution in [3.8, 4) is 0 Å². The standard InChI is InChI=1S/C31H38O6/c1-22(2)27(32)30-28(33)31(36-20-25-16-10-5-11-17-25)29(35-19-24-14-8-4-9-15-24)26(37-30)21-34-18-23-12-6-3-7-13-23/h3-17,22,26-33H,18-21H2,1-2H3/t26-,27+,28+,29+,30+,31-/m1/s1. The van der Waals surface area contributed by atoms with E-state index in [0.717, 1.165) is 16.7 Å². The van der Waals surface area contributed by atoms with Gasteiger partial charge in [0.05, 0.1) is 32.5 Å². The number of aliphatic hydroxyl groups excluding tert-OH is 2. The number of ether oxygens (including phenoxy) is 4. The van der Waals surface area contributed by atoms with E-state index in [1.807, 2.05) is 105 Å². The fraction of sp³-hybridized carbons (Fsp3) is 0.419. The molecule has 0 saturated carbocycles. The summed E-state index contributed by atoms with van der Waals surface area (Å²) in [4.78, 5) is 0. The second-order valence-corrected chi connectivity index (χ2v) is 9.89. The Morgan fingerprint density at radius 1 is 0.703 bits per heavy atom. The van der Waals surface area contributed by atoms with Gasteiger partial charge < -0.3 is 29.2 Å². The van der Waals surface area contributed by atoms with Gasteiger partial charge in [-0.2, -0.15) is 0 Å². The summed E-state index contributed by atoms with van der Waals surface area (Å²) in [5, 5.41) is 22.3. The monoisotopic (exact) mass is 506 g/mol. The molecule has 1 fully saturated rings. The quantitative estimate of drug-likeness (QED) is 0.376. The highest BCUT2D eigenvalue weighted by atomic mass is 16.6. The van der Waals surface area contributed by atoms with Gasteiger partial charge in [-0.1, -0.05) is 105 Å². The van der Waals surface area contributed by atoms with Crippen molar-refractivity contribution in [2.24, 2.45) is 5.92 Å². The molecule has 6 heteroatoms. The van der Waals surface area contributed by atoms with Crippen LogP contribution in [0, 0.1) is 5.92 Å². The first kappa shape index (κ1) is 27.5. The molecule has 0 aromatic heterocycles. The molecule has 1 aliphatic rings. The Bertz CT molecular complexity index is 1030. The SMILES string of the molecule is CC(C)[C@H](O)[C@@H]1O[C@H](COCc2ccccc2)[C@H](OCc2ccccc2)[C@H](OCc2ccccc2)[C@H]1O. The molecule has 3 aromatic carbocycles. The minimum atomic E-state index is -1.08. The number of aliphatic hydroxyl groups is 2. The Kier molecular flexibility index (Phi) is 10.3. The van der Waals surface area contributed by atoms with Crippen LogP contribution in [-0.2, 0) is 38.8 Å². The van der Waals surface area contributed by atoms with E-state index in [4.69, 9.17) is 18.9 Å². The van der Waals surface area contributed by atoms with E-state index < -0.39 is 36.6 Å². The third-order valence-electron chi connectivity index (χ3n) is 6.68. The molecular weight excluding hydrogens is 468 g/mol. The van der Waals surface area contributed by atoms with Crippen molar-refractivity contribution in [2.45, 2.75) is 70.3 Å². The number of hydrogen-bond donors (Lipinski definition) is 2. The summed E-state index contributed by atoms with van der Waals surface area (Å²) in [6.07, 6.45) is -4.65. The topological polar surface area (TPSA) is 77.4 Å². The van der Waals surface area contributed by atoms with E-state index in [1.54, 1.807) is 0 Å². The van der Waals surface area contributed by atoms with E-state index in [2.05, 4.69) is 0 Å². The van der Waals surface area contributed by atoms with Gasteiger partial charge in [0.15, 0.2) is 0 Å². The van der Waals surface area contributed by atoms with Gasteiger partial charge in [0, 0.05) is 0 Å². The van der Waals surface area contributed by atoms with Crippen LogP contribution in [0.25, 0.3) is 0 Å². The lowest BCUT2D eigenvalue weighted by Gasteiger charge is -2.46. The predicted octanol–water partition coefficient (Wildman–Crippen LogP) is 4.52. The van der Waals surface area contributed by atoms with Gasteiger partial charge in [0.1, 0.15) is 30.5 Å². The molecule has 1 aliphatic heterocycles. The Hall–Kier alpha value is -2.58. The third-order valence-corrected chi connectivity index (χ3v) is 6.68. The highest BCUT2D eigenvalue weighted by Crippen LogP contribution is 2.31. The van der Waals surface area contributed by atoms with Crippen LogP contribution in [0.15, 0.2) is 91.0 Å². The molecular formula is C31H38O6. The lowest BCUT2D eigenvalue weighted by molar-refractivity contribution is -0.278. The maximum Gasteiger partial charge on any atom is 0.115 e. The van der Waals surface area contributed by atoms with Crippen LogP contribution >= 0.6 is 0 Å². The number of benzene rings is 3. The van der Waals surface area contributed by atoms with Crippen molar-refractivity contribution in [3.63, 3.8) is 0 Å². The zero-order valence-electron chi connectivity index (χ0n) is 21.6. The van der Waals surface area contributed by atoms with Crippen LogP contribution in [0.1, 0.15) is 30.5 Å². The number of hydrogen-bond acceptors (Lipinski definition) is 6. The molecule has 0 aliphatic carbocycles. The van der Waals surface area contributed by atoms with Gasteiger partial charge in [-0.15, -0.1) is 0 Å². The van der Waals surface area contributed by atoms with Gasteiger partial charge in [-0.3, -0.25) is 0 Å². The fourth-order valence-electron chi connectivity index (χ4n) is 4.54. The molecule has 1 saturated heterocycles. The summed E-state index contributed by atoms with van der Waals surface area (Å²) in [5.41, 5.74) is 3.05. The zero-order chi connectivity index (χ0) is 26.0. The Labute approximate surface area is 219 Å². The molecule has 3 aromatic rings. The van der Waals surface area contributed by atoms with Crippen molar-refractivity contribution in [1.29, 1.82) is 0 Å². The van der Waals surface area contributed by atoms with E-state index in [1.165, 1.54) is 0 Å². The first-order valence-corrected chi connectivity index (χ1v) is 13.0. The summed E-state index contributed by atoms with van der Waals surface area (Å²) in [5.74, 6) is -0.109. The minimum Gasteiger partial charge on any atom is -0.390 e. The molecule has 6 atom stereocenters. The average Bonchev–Trinajstić information content (AvgIpc) is 2.93. The molecule has 4 rings (SSSR count). The molecule has 0 spiro atoms. The van der Waals surface area contributed by atoms with Gasteiger partial charge in [0.2, 0.25) is 0 Å². The van der Waals surface area contributed by atoms with Gasteiger partial charge in [-0.05, 0) is 22.6 Å². The van der Waals surface area contributed by atoms with Gasteiger partial charge >= 0.3 is 0 Å². The predicted molar refractivity (Wildman–Crippen MR) is 142 cm³/mol. The molecule has 0 bridgehead atoms. The van der Waals surface area contributed by atoms with Crippen LogP contribution in [0.5, 0.6) is 0 Å². The van der Waals surface area contributed by atoms with E-state index in [0.29, 0.717) is 19.8 Å². The molecule has 37 heavy (non-hydrogen) atoms. The third kappa shape index (κ3) is 7.71. The number of rotatable bonds is 12. The van der Waals surface area contributed by atoms with Crippen molar-refractivity contribution in [2.75, 3.05) is 6.61 Å². The smallest absolute Gasteiger partial charge is 0.115 e. The molecule has 0 amide bonds. The second kappa shape index (κ2) is 13.8. The van der Waals surface area contributed by atoms with E-state index in [-0.39, 0.29) is 12.5 Å². The Balaban J connectivity index is 1.55. The lowest BCUT2D eigenvalue weighted by atomic mass is 9.88. The highest BCUT2D eigenvalue weighted by molar-refractivity contribution is 5.15.